The van der Waals surface area contributed by atoms with Gasteiger partial charge in [-0.25, -0.2) is 4.98 Å². The maximum atomic E-state index is 13.5. The molecule has 5 rings (SSSR count). The highest BCUT2D eigenvalue weighted by atomic mass is 35.5. The molecule has 1 saturated heterocycles. The van der Waals surface area contributed by atoms with E-state index in [1.54, 1.807) is 13.2 Å². The molecule has 2 aliphatic rings. The summed E-state index contributed by atoms with van der Waals surface area (Å²) in [6.07, 6.45) is 0.356. The number of carbonyl (C=O) groups excluding carboxylic acids is 2. The highest BCUT2D eigenvalue weighted by Crippen LogP contribution is 2.46. The minimum atomic E-state index is -0.000300. The third-order valence-corrected chi connectivity index (χ3v) is 6.27. The second-order valence-electron chi connectivity index (χ2n) is 7.75. The Balaban J connectivity index is 1.61. The molecule has 1 aliphatic heterocycles. The van der Waals surface area contributed by atoms with Crippen LogP contribution in [-0.4, -0.2) is 60.7 Å². The number of methoxy groups -OCH3 is 1. The number of alkyl halides is 1. The van der Waals surface area contributed by atoms with Crippen LogP contribution in [0, 0.1) is 0 Å². The maximum Gasteiger partial charge on any atom is 0.223 e. The molecule has 0 radical (unpaired) electrons. The zero-order valence-corrected chi connectivity index (χ0v) is 18.0. The first-order valence-electron chi connectivity index (χ1n) is 10.4. The van der Waals surface area contributed by atoms with Gasteiger partial charge in [0.2, 0.25) is 5.91 Å². The summed E-state index contributed by atoms with van der Waals surface area (Å²) in [5.41, 5.74) is 3.90. The van der Waals surface area contributed by atoms with E-state index in [0.717, 1.165) is 27.8 Å². The Hall–Kier alpha value is -3.12. The van der Waals surface area contributed by atoms with E-state index < -0.39 is 0 Å². The van der Waals surface area contributed by atoms with Crippen molar-refractivity contribution in [2.45, 2.75) is 6.42 Å². The molecule has 0 N–H and O–H groups in total. The summed E-state index contributed by atoms with van der Waals surface area (Å²) in [4.78, 5) is 34.7. The van der Waals surface area contributed by atoms with Crippen molar-refractivity contribution in [2.24, 2.45) is 0 Å². The Kier molecular flexibility index (Phi) is 5.02. The molecule has 158 valence electrons. The Morgan fingerprint density at radius 3 is 2.58 bits per heavy atom. The highest BCUT2D eigenvalue weighted by molar-refractivity contribution is 6.28. The van der Waals surface area contributed by atoms with Gasteiger partial charge in [-0.3, -0.25) is 9.59 Å². The first-order valence-corrected chi connectivity index (χ1v) is 10.9. The molecule has 3 aromatic rings. The molecule has 2 aromatic carbocycles. The van der Waals surface area contributed by atoms with Crippen molar-refractivity contribution >= 4 is 40.0 Å². The van der Waals surface area contributed by atoms with Gasteiger partial charge in [0.05, 0.1) is 12.6 Å². The first kappa shape index (κ1) is 19.8. The van der Waals surface area contributed by atoms with Gasteiger partial charge < -0.3 is 14.5 Å². The van der Waals surface area contributed by atoms with Crippen LogP contribution in [0.3, 0.4) is 0 Å². The van der Waals surface area contributed by atoms with E-state index in [2.05, 4.69) is 4.90 Å². The highest BCUT2D eigenvalue weighted by Gasteiger charge is 2.35. The fourth-order valence-electron chi connectivity index (χ4n) is 4.52. The van der Waals surface area contributed by atoms with Crippen LogP contribution in [0.1, 0.15) is 22.3 Å². The zero-order chi connectivity index (χ0) is 21.5. The summed E-state index contributed by atoms with van der Waals surface area (Å²) in [5.74, 6) is 1.88. The van der Waals surface area contributed by atoms with Crippen LogP contribution in [0.15, 0.2) is 42.5 Å². The van der Waals surface area contributed by atoms with Crippen LogP contribution in [-0.2, 0) is 4.79 Å². The number of halogens is 1. The lowest BCUT2D eigenvalue weighted by Gasteiger charge is -2.36. The van der Waals surface area contributed by atoms with Crippen LogP contribution in [0.5, 0.6) is 5.75 Å². The van der Waals surface area contributed by atoms with Gasteiger partial charge in [0.25, 0.3) is 0 Å². The largest absolute Gasteiger partial charge is 0.497 e. The van der Waals surface area contributed by atoms with Crippen LogP contribution in [0.25, 0.3) is 22.0 Å². The quantitative estimate of drug-likeness (QED) is 0.457. The van der Waals surface area contributed by atoms with E-state index >= 15 is 0 Å². The van der Waals surface area contributed by atoms with Gasteiger partial charge in [-0.05, 0) is 29.8 Å². The van der Waals surface area contributed by atoms with Crippen molar-refractivity contribution in [3.05, 3.63) is 53.6 Å². The number of hydrogen-bond donors (Lipinski definition) is 0. The van der Waals surface area contributed by atoms with Crippen molar-refractivity contribution in [3.63, 3.8) is 0 Å². The number of carbonyl (C=O) groups is 2. The average Bonchev–Trinajstić information content (AvgIpc) is 3.11. The topological polar surface area (TPSA) is 62.7 Å². The first-order chi connectivity index (χ1) is 15.1. The molecule has 1 aromatic heterocycles. The third-order valence-electron chi connectivity index (χ3n) is 6.08. The number of piperazine rings is 1. The molecule has 1 fully saturated rings. The van der Waals surface area contributed by atoms with E-state index in [1.165, 1.54) is 0 Å². The van der Waals surface area contributed by atoms with Crippen molar-refractivity contribution in [1.29, 1.82) is 0 Å². The molecule has 31 heavy (non-hydrogen) atoms. The number of pyridine rings is 1. The number of hydrogen-bond acceptors (Lipinski definition) is 5. The molecule has 6 nitrogen and oxygen atoms in total. The fourth-order valence-corrected chi connectivity index (χ4v) is 4.68. The number of anilines is 1. The molecule has 0 saturated carbocycles. The Morgan fingerprint density at radius 1 is 1.06 bits per heavy atom. The smallest absolute Gasteiger partial charge is 0.223 e. The van der Waals surface area contributed by atoms with Gasteiger partial charge in [-0.2, -0.15) is 0 Å². The van der Waals surface area contributed by atoms with Gasteiger partial charge >= 0.3 is 0 Å². The summed E-state index contributed by atoms with van der Waals surface area (Å²) >= 11 is 5.73. The number of ketones is 1. The predicted molar refractivity (Wildman–Crippen MR) is 121 cm³/mol. The molecule has 1 aliphatic carbocycles. The number of nitrogens with zero attached hydrogens (tertiary/aromatic N) is 3. The van der Waals surface area contributed by atoms with Crippen LogP contribution in [0.4, 0.5) is 5.82 Å². The van der Waals surface area contributed by atoms with Crippen molar-refractivity contribution < 1.29 is 14.3 Å². The summed E-state index contributed by atoms with van der Waals surface area (Å²) in [5, 5.41) is 0.859. The molecule has 0 unspecified atom stereocenters. The second kappa shape index (κ2) is 7.85. The van der Waals surface area contributed by atoms with Gasteiger partial charge in [0.1, 0.15) is 11.6 Å². The average molecular weight is 436 g/mol. The number of para-hydroxylation sites is 1. The summed E-state index contributed by atoms with van der Waals surface area (Å²) in [6, 6.07) is 13.4. The predicted octanol–water partition coefficient (Wildman–Crippen LogP) is 3.73. The summed E-state index contributed by atoms with van der Waals surface area (Å²) in [6.45, 7) is 2.54. The van der Waals surface area contributed by atoms with Gasteiger partial charge in [0, 0.05) is 60.6 Å². The number of amides is 1. The summed E-state index contributed by atoms with van der Waals surface area (Å²) < 4.78 is 5.35. The Morgan fingerprint density at radius 2 is 1.84 bits per heavy atom. The third kappa shape index (κ3) is 3.22. The van der Waals surface area contributed by atoms with Crippen molar-refractivity contribution in [2.75, 3.05) is 44.1 Å². The monoisotopic (exact) mass is 435 g/mol. The lowest BCUT2D eigenvalue weighted by atomic mass is 10.0. The van der Waals surface area contributed by atoms with Crippen LogP contribution >= 0.6 is 11.6 Å². The zero-order valence-electron chi connectivity index (χ0n) is 17.2. The molecular formula is C24H22ClN3O3. The lowest BCUT2D eigenvalue weighted by molar-refractivity contribution is -0.131. The number of rotatable bonds is 4. The Labute approximate surface area is 185 Å². The van der Waals surface area contributed by atoms with E-state index in [4.69, 9.17) is 21.3 Å². The molecule has 2 heterocycles. The van der Waals surface area contributed by atoms with E-state index in [0.29, 0.717) is 55.4 Å². The standard InChI is InChI=1S/C24H22ClN3O3/c1-31-15-6-7-16-18(14-15)23(30)21-17-4-2-3-5-19(17)26-24(22(16)21)28-12-10-27(11-13-28)20(29)8-9-25/h2-7,14H,8-13H2,1H3. The SMILES string of the molecule is COc1ccc2c(c1)C(=O)c1c-2c(N2CCN(C(=O)CCCl)CC2)nc2ccccc12. The summed E-state index contributed by atoms with van der Waals surface area (Å²) in [7, 11) is 1.60. The molecular weight excluding hydrogens is 414 g/mol. The molecule has 0 atom stereocenters. The number of ether oxygens (including phenoxy) is 1. The number of benzene rings is 2. The van der Waals surface area contributed by atoms with Crippen LogP contribution in [0.2, 0.25) is 0 Å². The molecule has 1 amide bonds. The second-order valence-corrected chi connectivity index (χ2v) is 8.13. The van der Waals surface area contributed by atoms with Crippen molar-refractivity contribution in [1.82, 2.24) is 9.88 Å². The normalized spacial score (nSPS) is 15.2. The number of aromatic nitrogens is 1. The van der Waals surface area contributed by atoms with Gasteiger partial charge in [0.15, 0.2) is 5.78 Å². The van der Waals surface area contributed by atoms with Gasteiger partial charge in [-0.1, -0.05) is 18.2 Å². The lowest BCUT2D eigenvalue weighted by Crippen LogP contribution is -2.49. The van der Waals surface area contributed by atoms with Gasteiger partial charge in [-0.15, -0.1) is 11.6 Å². The Bertz CT molecular complexity index is 1200. The van der Waals surface area contributed by atoms with Crippen LogP contribution < -0.4 is 9.64 Å². The molecule has 0 bridgehead atoms. The van der Waals surface area contributed by atoms with E-state index in [9.17, 15) is 9.59 Å². The van der Waals surface area contributed by atoms with Crippen molar-refractivity contribution in [3.8, 4) is 16.9 Å². The number of fused-ring (bicyclic) bond motifs is 5. The maximum absolute atomic E-state index is 13.5. The van der Waals surface area contributed by atoms with E-state index in [1.807, 2.05) is 41.3 Å². The molecule has 7 heteroatoms. The fraction of sp³-hybridized carbons (Fsp3) is 0.292. The van der Waals surface area contributed by atoms with E-state index in [-0.39, 0.29) is 11.7 Å². The minimum Gasteiger partial charge on any atom is -0.497 e. The molecule has 0 spiro atoms. The minimum absolute atomic E-state index is 0.000300.